The van der Waals surface area contributed by atoms with Crippen LogP contribution in [-0.2, 0) is 0 Å². The van der Waals surface area contributed by atoms with Gasteiger partial charge in [-0.25, -0.2) is 9.97 Å². The first-order valence-electron chi connectivity index (χ1n) is 10.2. The third-order valence-electron chi connectivity index (χ3n) is 4.76. The van der Waals surface area contributed by atoms with E-state index in [0.717, 1.165) is 10.7 Å². The summed E-state index contributed by atoms with van der Waals surface area (Å²) in [5, 5.41) is 15.7. The van der Waals surface area contributed by atoms with Crippen LogP contribution in [0.3, 0.4) is 0 Å². The minimum absolute atomic E-state index is 0.135. The fraction of sp³-hybridized carbons (Fsp3) is 0.130. The molecule has 12 heteroatoms. The van der Waals surface area contributed by atoms with Gasteiger partial charge in [0.1, 0.15) is 12.0 Å². The Morgan fingerprint density at radius 1 is 1.26 bits per heavy atom. The van der Waals surface area contributed by atoms with Crippen molar-refractivity contribution in [2.24, 2.45) is 5.10 Å². The van der Waals surface area contributed by atoms with Gasteiger partial charge in [-0.15, -0.1) is 0 Å². The molecule has 4 aromatic rings. The van der Waals surface area contributed by atoms with Crippen LogP contribution in [0.15, 0.2) is 63.0 Å². The van der Waals surface area contributed by atoms with Gasteiger partial charge in [0.25, 0.3) is 11.2 Å². The number of aryl methyl sites for hydroxylation is 1. The average molecular weight is 650 g/mol. The van der Waals surface area contributed by atoms with Crippen LogP contribution in [0.4, 0.5) is 5.69 Å². The number of hydrogen-bond donors (Lipinski definition) is 0. The highest BCUT2D eigenvalue weighted by molar-refractivity contribution is 14.1. The third-order valence-corrected chi connectivity index (χ3v) is 6.06. The summed E-state index contributed by atoms with van der Waals surface area (Å²) in [4.78, 5) is 31.8. The molecule has 0 radical (unpaired) electrons. The highest BCUT2D eigenvalue weighted by Gasteiger charge is 2.15. The fourth-order valence-electron chi connectivity index (χ4n) is 3.19. The van der Waals surface area contributed by atoms with E-state index in [1.165, 1.54) is 16.8 Å². The summed E-state index contributed by atoms with van der Waals surface area (Å²) in [7, 11) is 0. The third kappa shape index (κ3) is 5.48. The second-order valence-electron chi connectivity index (χ2n) is 7.16. The molecule has 0 atom stereocenters. The van der Waals surface area contributed by atoms with Crippen molar-refractivity contribution in [1.29, 1.82) is 0 Å². The van der Waals surface area contributed by atoms with Crippen LogP contribution in [0, 0.1) is 20.6 Å². The van der Waals surface area contributed by atoms with Gasteiger partial charge < -0.3 is 9.47 Å². The van der Waals surface area contributed by atoms with E-state index in [9.17, 15) is 14.9 Å². The quantitative estimate of drug-likeness (QED) is 0.113. The summed E-state index contributed by atoms with van der Waals surface area (Å²) in [6.07, 6.45) is 2.66. The number of fused-ring (bicyclic) bond motifs is 1. The van der Waals surface area contributed by atoms with Crippen molar-refractivity contribution in [2.45, 2.75) is 13.8 Å². The van der Waals surface area contributed by atoms with Crippen molar-refractivity contribution >= 4 is 61.3 Å². The Morgan fingerprint density at radius 2 is 2.06 bits per heavy atom. The van der Waals surface area contributed by atoms with E-state index < -0.39 is 4.92 Å². The molecule has 10 nitrogen and oxygen atoms in total. The Kier molecular flexibility index (Phi) is 7.40. The zero-order valence-corrected chi connectivity index (χ0v) is 22.2. The van der Waals surface area contributed by atoms with Crippen molar-refractivity contribution < 1.29 is 14.4 Å². The predicted octanol–water partition coefficient (Wildman–Crippen LogP) is 5.45. The van der Waals surface area contributed by atoms with Crippen LogP contribution in [0.2, 0.25) is 0 Å². The lowest BCUT2D eigenvalue weighted by Gasteiger charge is -2.14. The van der Waals surface area contributed by atoms with E-state index in [2.05, 4.69) is 53.6 Å². The number of rotatable bonds is 7. The maximum atomic E-state index is 13.0. The van der Waals surface area contributed by atoms with Gasteiger partial charge in [-0.05, 0) is 72.3 Å². The molecule has 0 N–H and O–H groups in total. The molecule has 2 aromatic carbocycles. The molecule has 0 amide bonds. The summed E-state index contributed by atoms with van der Waals surface area (Å²) in [5.74, 6) is 1.48. The molecule has 2 heterocycles. The molecule has 0 saturated heterocycles. The number of ether oxygens (including phenoxy) is 2. The molecule has 4 rings (SSSR count). The van der Waals surface area contributed by atoms with Crippen molar-refractivity contribution in [3.05, 3.63) is 88.6 Å². The fourth-order valence-corrected chi connectivity index (χ4v) is 4.29. The van der Waals surface area contributed by atoms with Crippen molar-refractivity contribution in [3.8, 4) is 17.4 Å². The summed E-state index contributed by atoms with van der Waals surface area (Å²) >= 11 is 5.47. The molecule has 178 valence electrons. The first-order valence-corrected chi connectivity index (χ1v) is 12.1. The molecule has 0 aliphatic heterocycles. The number of pyridine rings is 1. The van der Waals surface area contributed by atoms with Crippen LogP contribution in [0.1, 0.15) is 18.3 Å². The highest BCUT2D eigenvalue weighted by atomic mass is 127. The second-order valence-corrected chi connectivity index (χ2v) is 9.24. The summed E-state index contributed by atoms with van der Waals surface area (Å²) in [6, 6.07) is 11.6. The van der Waals surface area contributed by atoms with E-state index in [1.54, 1.807) is 37.4 Å². The molecule has 0 fully saturated rings. The SMILES string of the molecule is CCOc1cc(C=Nn2c(C)nc3ccc(Br)cc3c2=O)cc(I)c1Oc1ccc([N+](=O)[O-])cn1. The van der Waals surface area contributed by atoms with Gasteiger partial charge in [-0.2, -0.15) is 9.78 Å². The second kappa shape index (κ2) is 10.5. The Morgan fingerprint density at radius 3 is 2.74 bits per heavy atom. The van der Waals surface area contributed by atoms with Crippen LogP contribution < -0.4 is 15.0 Å². The largest absolute Gasteiger partial charge is 0.490 e. The van der Waals surface area contributed by atoms with Crippen LogP contribution in [0.25, 0.3) is 10.9 Å². The molecular weight excluding hydrogens is 633 g/mol. The van der Waals surface area contributed by atoms with Gasteiger partial charge in [0.2, 0.25) is 5.88 Å². The zero-order chi connectivity index (χ0) is 25.1. The lowest BCUT2D eigenvalue weighted by Crippen LogP contribution is -2.20. The molecule has 35 heavy (non-hydrogen) atoms. The van der Waals surface area contributed by atoms with E-state index in [4.69, 9.17) is 9.47 Å². The molecule has 0 aliphatic rings. The monoisotopic (exact) mass is 649 g/mol. The molecule has 0 aliphatic carbocycles. The smallest absolute Gasteiger partial charge is 0.287 e. The number of nitrogens with zero attached hydrogens (tertiary/aromatic N) is 5. The van der Waals surface area contributed by atoms with Crippen molar-refractivity contribution in [2.75, 3.05) is 6.61 Å². The Hall–Kier alpha value is -3.39. The Labute approximate surface area is 221 Å². The molecule has 0 saturated carbocycles. The van der Waals surface area contributed by atoms with E-state index in [-0.39, 0.29) is 17.1 Å². The number of nitro groups is 1. The summed E-state index contributed by atoms with van der Waals surface area (Å²) in [6.45, 7) is 3.93. The first-order chi connectivity index (χ1) is 16.8. The normalized spacial score (nSPS) is 11.2. The standard InChI is InChI=1S/C23H17BrIN5O5/c1-3-34-20-9-14(8-18(25)22(20)35-21-7-5-16(12-26-21)30(32)33)11-27-29-13(2)28-19-6-4-15(24)10-17(19)23(29)31/h4-12H,3H2,1-2H3. The number of halogens is 2. The van der Waals surface area contributed by atoms with Crippen molar-refractivity contribution in [3.63, 3.8) is 0 Å². The molecular formula is C23H17BrIN5O5. The lowest BCUT2D eigenvalue weighted by atomic mass is 10.2. The minimum atomic E-state index is -0.531. The van der Waals surface area contributed by atoms with Gasteiger partial charge in [0.15, 0.2) is 11.5 Å². The van der Waals surface area contributed by atoms with Crippen LogP contribution in [-0.4, -0.2) is 32.4 Å². The first kappa shape index (κ1) is 24.7. The number of aromatic nitrogens is 3. The average Bonchev–Trinajstić information content (AvgIpc) is 2.82. The number of hydrogen-bond acceptors (Lipinski definition) is 8. The minimum Gasteiger partial charge on any atom is -0.490 e. The van der Waals surface area contributed by atoms with Crippen LogP contribution >= 0.6 is 38.5 Å². The van der Waals surface area contributed by atoms with Crippen molar-refractivity contribution in [1.82, 2.24) is 14.6 Å². The maximum Gasteiger partial charge on any atom is 0.287 e. The Bertz CT molecular complexity index is 1520. The Balaban J connectivity index is 1.69. The van der Waals surface area contributed by atoms with Gasteiger partial charge in [-0.3, -0.25) is 14.9 Å². The number of benzene rings is 2. The maximum absolute atomic E-state index is 13.0. The van der Waals surface area contributed by atoms with Gasteiger partial charge in [0, 0.05) is 16.6 Å². The molecule has 2 aromatic heterocycles. The summed E-state index contributed by atoms with van der Waals surface area (Å²) < 4.78 is 14.3. The van der Waals surface area contributed by atoms with E-state index >= 15 is 0 Å². The van der Waals surface area contributed by atoms with Gasteiger partial charge in [-0.1, -0.05) is 15.9 Å². The van der Waals surface area contributed by atoms with E-state index in [0.29, 0.717) is 44.0 Å². The lowest BCUT2D eigenvalue weighted by molar-refractivity contribution is -0.385. The molecule has 0 spiro atoms. The van der Waals surface area contributed by atoms with Gasteiger partial charge >= 0.3 is 0 Å². The zero-order valence-electron chi connectivity index (χ0n) is 18.4. The topological polar surface area (TPSA) is 122 Å². The summed E-state index contributed by atoms with van der Waals surface area (Å²) in [5.41, 5.74) is 0.845. The highest BCUT2D eigenvalue weighted by Crippen LogP contribution is 2.37. The van der Waals surface area contributed by atoms with Gasteiger partial charge in [0.05, 0.1) is 32.2 Å². The molecule has 0 bridgehead atoms. The predicted molar refractivity (Wildman–Crippen MR) is 143 cm³/mol. The molecule has 0 unspecified atom stereocenters. The van der Waals surface area contributed by atoms with Crippen LogP contribution in [0.5, 0.6) is 17.4 Å². The van der Waals surface area contributed by atoms with E-state index in [1.807, 2.05) is 13.0 Å².